The first-order valence-corrected chi connectivity index (χ1v) is 4.49. The lowest BCUT2D eigenvalue weighted by atomic mass is 10.3. The highest BCUT2D eigenvalue weighted by Gasteiger charge is 2.04. The number of aromatic nitrogens is 2. The van der Waals surface area contributed by atoms with Gasteiger partial charge in [-0.3, -0.25) is 5.43 Å². The fourth-order valence-electron chi connectivity index (χ4n) is 0.945. The van der Waals surface area contributed by atoms with E-state index in [0.29, 0.717) is 11.6 Å². The maximum Gasteiger partial charge on any atom is 0.238 e. The van der Waals surface area contributed by atoms with Crippen molar-refractivity contribution in [1.82, 2.24) is 15.0 Å². The third kappa shape index (κ3) is 2.90. The second-order valence-electron chi connectivity index (χ2n) is 3.09. The summed E-state index contributed by atoms with van der Waals surface area (Å²) in [5, 5.41) is 1.75. The number of nitrogens with zero attached hydrogens (tertiary/aromatic N) is 3. The Balaban J connectivity index is 3.01. The number of hydrazine groups is 1. The molecule has 1 rings (SSSR count). The summed E-state index contributed by atoms with van der Waals surface area (Å²) in [6.45, 7) is 1.87. The van der Waals surface area contributed by atoms with Crippen molar-refractivity contribution in [3.05, 3.63) is 17.5 Å². The molecule has 1 aromatic rings. The highest BCUT2D eigenvalue weighted by Crippen LogP contribution is 2.04. The van der Waals surface area contributed by atoms with Gasteiger partial charge in [-0.15, -0.1) is 0 Å². The third-order valence-corrected chi connectivity index (χ3v) is 1.64. The predicted octanol–water partition coefficient (Wildman–Crippen LogP) is 0.308. The molecule has 0 saturated heterocycles. The molecule has 0 aliphatic carbocycles. The highest BCUT2D eigenvalue weighted by atomic mass is 32.1. The fraction of sp³-hybridized carbons (Fsp3) is 0.375. The van der Waals surface area contributed by atoms with Gasteiger partial charge in [0, 0.05) is 19.8 Å². The van der Waals surface area contributed by atoms with Crippen molar-refractivity contribution in [2.45, 2.75) is 6.92 Å². The van der Waals surface area contributed by atoms with E-state index in [9.17, 15) is 0 Å². The Labute approximate surface area is 88.3 Å². The SMILES string of the molecule is Cc1cc(C(N)=S)nc(NN(C)C)n1. The fourth-order valence-corrected chi connectivity index (χ4v) is 1.05. The molecule has 0 fully saturated rings. The highest BCUT2D eigenvalue weighted by molar-refractivity contribution is 7.80. The van der Waals surface area contributed by atoms with Crippen LogP contribution in [0.2, 0.25) is 0 Å². The lowest BCUT2D eigenvalue weighted by Gasteiger charge is -2.12. The Morgan fingerprint density at radius 1 is 1.50 bits per heavy atom. The smallest absolute Gasteiger partial charge is 0.238 e. The first-order valence-electron chi connectivity index (χ1n) is 4.08. The van der Waals surface area contributed by atoms with E-state index in [4.69, 9.17) is 18.0 Å². The molecule has 0 aromatic carbocycles. The summed E-state index contributed by atoms with van der Waals surface area (Å²) in [6, 6.07) is 1.75. The zero-order valence-corrected chi connectivity index (χ0v) is 9.22. The van der Waals surface area contributed by atoms with E-state index in [0.717, 1.165) is 5.69 Å². The number of rotatable bonds is 3. The van der Waals surface area contributed by atoms with Crippen molar-refractivity contribution in [2.24, 2.45) is 5.73 Å². The number of thiocarbonyl (C=S) groups is 1. The van der Waals surface area contributed by atoms with Gasteiger partial charge in [0.1, 0.15) is 10.7 Å². The summed E-state index contributed by atoms with van der Waals surface area (Å²) in [4.78, 5) is 8.60. The van der Waals surface area contributed by atoms with Crippen LogP contribution in [0.5, 0.6) is 0 Å². The molecule has 0 aliphatic rings. The Morgan fingerprint density at radius 2 is 2.14 bits per heavy atom. The van der Waals surface area contributed by atoms with Gasteiger partial charge in [0.2, 0.25) is 5.95 Å². The zero-order chi connectivity index (χ0) is 10.7. The van der Waals surface area contributed by atoms with Crippen LogP contribution in [-0.4, -0.2) is 34.1 Å². The summed E-state index contributed by atoms with van der Waals surface area (Å²) < 4.78 is 0. The summed E-state index contributed by atoms with van der Waals surface area (Å²) >= 11 is 4.84. The van der Waals surface area contributed by atoms with Crippen LogP contribution in [-0.2, 0) is 0 Å². The van der Waals surface area contributed by atoms with Crippen molar-refractivity contribution in [2.75, 3.05) is 19.5 Å². The Hall–Kier alpha value is -1.27. The van der Waals surface area contributed by atoms with E-state index in [1.54, 1.807) is 11.1 Å². The molecule has 76 valence electrons. The average molecular weight is 211 g/mol. The summed E-state index contributed by atoms with van der Waals surface area (Å²) in [5.74, 6) is 0.498. The molecule has 0 bridgehead atoms. The van der Waals surface area contributed by atoms with Crippen molar-refractivity contribution in [3.63, 3.8) is 0 Å². The van der Waals surface area contributed by atoms with E-state index in [1.807, 2.05) is 21.0 Å². The Kier molecular flexibility index (Phi) is 3.32. The number of anilines is 1. The molecule has 6 heteroatoms. The van der Waals surface area contributed by atoms with E-state index in [1.165, 1.54) is 0 Å². The van der Waals surface area contributed by atoms with Gasteiger partial charge in [-0.25, -0.2) is 15.0 Å². The van der Waals surface area contributed by atoms with Crippen molar-refractivity contribution in [1.29, 1.82) is 0 Å². The molecule has 0 amide bonds. The molecule has 3 N–H and O–H groups in total. The van der Waals surface area contributed by atoms with Crippen molar-refractivity contribution >= 4 is 23.2 Å². The van der Waals surface area contributed by atoms with Crippen LogP contribution < -0.4 is 11.2 Å². The standard InChI is InChI=1S/C8H13N5S/c1-5-4-6(7(9)14)11-8(10-5)12-13(2)3/h4H,1-3H3,(H2,9,14)(H,10,11,12). The van der Waals surface area contributed by atoms with E-state index in [-0.39, 0.29) is 4.99 Å². The first-order chi connectivity index (χ1) is 6.49. The molecule has 5 nitrogen and oxygen atoms in total. The third-order valence-electron chi connectivity index (χ3n) is 1.43. The number of hydrogen-bond acceptors (Lipinski definition) is 5. The molecular formula is C8H13N5S. The molecule has 0 unspecified atom stereocenters. The second-order valence-corrected chi connectivity index (χ2v) is 3.53. The Bertz CT molecular complexity index is 350. The van der Waals surface area contributed by atoms with Crippen LogP contribution in [0, 0.1) is 6.92 Å². The molecule has 14 heavy (non-hydrogen) atoms. The van der Waals surface area contributed by atoms with Gasteiger partial charge in [-0.1, -0.05) is 12.2 Å². The quantitative estimate of drug-likeness (QED) is 0.554. The lowest BCUT2D eigenvalue weighted by Crippen LogP contribution is -2.23. The molecular weight excluding hydrogens is 198 g/mol. The van der Waals surface area contributed by atoms with Gasteiger partial charge in [0.15, 0.2) is 0 Å². The van der Waals surface area contributed by atoms with E-state index >= 15 is 0 Å². The number of nitrogens with two attached hydrogens (primary N) is 1. The largest absolute Gasteiger partial charge is 0.388 e. The van der Waals surface area contributed by atoms with Crippen molar-refractivity contribution < 1.29 is 0 Å². The normalized spacial score (nSPS) is 10.3. The monoisotopic (exact) mass is 211 g/mol. The molecule has 0 saturated carbocycles. The minimum absolute atomic E-state index is 0.275. The maximum atomic E-state index is 5.48. The average Bonchev–Trinajstić information content (AvgIpc) is 2.01. The van der Waals surface area contributed by atoms with E-state index in [2.05, 4.69) is 15.4 Å². The summed E-state index contributed by atoms with van der Waals surface area (Å²) in [5.41, 5.74) is 9.83. The van der Waals surface area contributed by atoms with Crippen LogP contribution in [0.4, 0.5) is 5.95 Å². The molecule has 1 aromatic heterocycles. The minimum Gasteiger partial charge on any atom is -0.388 e. The van der Waals surface area contributed by atoms with Gasteiger partial charge in [0.05, 0.1) is 0 Å². The predicted molar refractivity (Wildman–Crippen MR) is 60.0 cm³/mol. The van der Waals surface area contributed by atoms with Gasteiger partial charge >= 0.3 is 0 Å². The van der Waals surface area contributed by atoms with Crippen LogP contribution in [0.3, 0.4) is 0 Å². The van der Waals surface area contributed by atoms with Crippen LogP contribution in [0.25, 0.3) is 0 Å². The molecule has 0 radical (unpaired) electrons. The molecule has 0 spiro atoms. The van der Waals surface area contributed by atoms with Crippen molar-refractivity contribution in [3.8, 4) is 0 Å². The van der Waals surface area contributed by atoms with Gasteiger partial charge in [0.25, 0.3) is 0 Å². The molecule has 0 atom stereocenters. The molecule has 1 heterocycles. The first kappa shape index (κ1) is 10.8. The number of aryl methyl sites for hydroxylation is 1. The van der Waals surface area contributed by atoms with Crippen LogP contribution >= 0.6 is 12.2 Å². The topological polar surface area (TPSA) is 67.1 Å². The maximum absolute atomic E-state index is 5.48. The summed E-state index contributed by atoms with van der Waals surface area (Å²) in [6.07, 6.45) is 0. The number of hydrogen-bond donors (Lipinski definition) is 2. The second kappa shape index (κ2) is 4.30. The van der Waals surface area contributed by atoms with Crippen LogP contribution in [0.1, 0.15) is 11.4 Å². The zero-order valence-electron chi connectivity index (χ0n) is 8.40. The summed E-state index contributed by atoms with van der Waals surface area (Å²) in [7, 11) is 3.71. The molecule has 0 aliphatic heterocycles. The lowest BCUT2D eigenvalue weighted by molar-refractivity contribution is 0.488. The van der Waals surface area contributed by atoms with Gasteiger partial charge in [-0.2, -0.15) is 0 Å². The Morgan fingerprint density at radius 3 is 2.64 bits per heavy atom. The number of nitrogens with one attached hydrogen (secondary N) is 1. The van der Waals surface area contributed by atoms with Gasteiger partial charge < -0.3 is 5.73 Å². The minimum atomic E-state index is 0.275. The van der Waals surface area contributed by atoms with E-state index < -0.39 is 0 Å². The van der Waals surface area contributed by atoms with Gasteiger partial charge in [-0.05, 0) is 13.0 Å². The van der Waals surface area contributed by atoms with Crippen LogP contribution in [0.15, 0.2) is 6.07 Å².